The summed E-state index contributed by atoms with van der Waals surface area (Å²) in [5.74, 6) is 4.20. The normalized spacial score (nSPS) is 49.9. The monoisotopic (exact) mass is 300 g/mol. The molecule has 7 rings (SSSR count). The van der Waals surface area contributed by atoms with E-state index < -0.39 is 5.60 Å². The topological polar surface area (TPSA) is 26.3 Å². The van der Waals surface area contributed by atoms with Crippen molar-refractivity contribution >= 4 is 5.78 Å². The van der Waals surface area contributed by atoms with E-state index in [0.29, 0.717) is 28.4 Å². The van der Waals surface area contributed by atoms with Crippen molar-refractivity contribution < 1.29 is 9.53 Å². The number of Topliss-reactive ketones (excluding diaryl/α,β-unsaturated/α-hetero) is 1. The van der Waals surface area contributed by atoms with Crippen molar-refractivity contribution in [1.29, 1.82) is 0 Å². The molecule has 4 bridgehead atoms. The molecule has 4 fully saturated rings. The van der Waals surface area contributed by atoms with Crippen LogP contribution in [-0.2, 0) is 9.53 Å². The van der Waals surface area contributed by atoms with E-state index in [9.17, 15) is 4.79 Å². The van der Waals surface area contributed by atoms with Gasteiger partial charge in [0.2, 0.25) is 0 Å². The molecule has 7 aliphatic rings. The maximum absolute atomic E-state index is 12.8. The summed E-state index contributed by atoms with van der Waals surface area (Å²) in [4.78, 5) is 12.8. The number of ether oxygens (including phenoxy) is 1. The SMILES string of the molecule is CC1(C)[C@@H]2CC3=C(CC[C@]4(O3)C(=O)C[C@@H]3C[C@H]4C3(C)C)[C@H]1C2. The van der Waals surface area contributed by atoms with Gasteiger partial charge in [0.25, 0.3) is 0 Å². The van der Waals surface area contributed by atoms with E-state index in [-0.39, 0.29) is 0 Å². The average Bonchev–Trinajstić information content (AvgIpc) is 2.48. The lowest BCUT2D eigenvalue weighted by molar-refractivity contribution is -0.217. The first-order valence-electron chi connectivity index (χ1n) is 9.21. The summed E-state index contributed by atoms with van der Waals surface area (Å²) in [5, 5.41) is 0. The standard InChI is InChI=1S/C20H28O2/c1-18(2)11-7-14(18)13-5-6-20(22-15(13)8-11)16-9-12(10-17(20)21)19(16,3)4/h11-12,14,16H,5-10H2,1-4H3/t11-,12-,14+,16-,20+/m0/s1. The second kappa shape index (κ2) is 3.65. The highest BCUT2D eigenvalue weighted by Gasteiger charge is 2.68. The van der Waals surface area contributed by atoms with Crippen molar-refractivity contribution in [2.45, 2.75) is 71.8 Å². The van der Waals surface area contributed by atoms with Gasteiger partial charge in [-0.1, -0.05) is 27.7 Å². The molecule has 6 aliphatic carbocycles. The van der Waals surface area contributed by atoms with Crippen molar-refractivity contribution in [3.8, 4) is 0 Å². The Kier molecular flexibility index (Phi) is 2.26. The number of hydrogen-bond acceptors (Lipinski definition) is 2. The second-order valence-corrected chi connectivity index (χ2v) is 9.88. The van der Waals surface area contributed by atoms with E-state index in [1.54, 1.807) is 5.57 Å². The molecule has 0 unspecified atom stereocenters. The van der Waals surface area contributed by atoms with Crippen LogP contribution >= 0.6 is 0 Å². The molecule has 1 heterocycles. The zero-order valence-electron chi connectivity index (χ0n) is 14.4. The van der Waals surface area contributed by atoms with E-state index in [2.05, 4.69) is 27.7 Å². The van der Waals surface area contributed by atoms with E-state index >= 15 is 0 Å². The third-order valence-corrected chi connectivity index (χ3v) is 8.69. The summed E-state index contributed by atoms with van der Waals surface area (Å²) in [5.41, 5.74) is 1.88. The Balaban J connectivity index is 1.52. The molecule has 5 atom stereocenters. The van der Waals surface area contributed by atoms with Crippen LogP contribution in [0.1, 0.15) is 66.2 Å². The van der Waals surface area contributed by atoms with E-state index in [1.807, 2.05) is 0 Å². The lowest BCUT2D eigenvalue weighted by Gasteiger charge is -2.66. The Labute approximate surface area is 133 Å². The summed E-state index contributed by atoms with van der Waals surface area (Å²) in [6.45, 7) is 9.56. The maximum Gasteiger partial charge on any atom is 0.176 e. The number of hydrogen-bond donors (Lipinski definition) is 0. The summed E-state index contributed by atoms with van der Waals surface area (Å²) < 4.78 is 6.64. The highest BCUT2D eigenvalue weighted by atomic mass is 16.5. The number of carbonyl (C=O) groups excluding carboxylic acids is 1. The zero-order valence-corrected chi connectivity index (χ0v) is 14.4. The molecular weight excluding hydrogens is 272 g/mol. The second-order valence-electron chi connectivity index (χ2n) is 9.88. The molecule has 120 valence electrons. The molecule has 0 saturated heterocycles. The highest BCUT2D eigenvalue weighted by Crippen LogP contribution is 2.68. The first kappa shape index (κ1) is 13.6. The van der Waals surface area contributed by atoms with Crippen LogP contribution in [0.2, 0.25) is 0 Å². The largest absolute Gasteiger partial charge is 0.484 e. The molecule has 0 N–H and O–H groups in total. The highest BCUT2D eigenvalue weighted by molar-refractivity contribution is 5.90. The number of fused-ring (bicyclic) bond motifs is 1. The fraction of sp³-hybridized carbons (Fsp3) is 0.850. The molecule has 2 heteroatoms. The van der Waals surface area contributed by atoms with Gasteiger partial charge in [-0.05, 0) is 59.8 Å². The summed E-state index contributed by atoms with van der Waals surface area (Å²) in [7, 11) is 0. The lowest BCUT2D eigenvalue weighted by Crippen LogP contribution is -2.68. The molecule has 0 amide bonds. The number of carbonyl (C=O) groups is 1. The third-order valence-electron chi connectivity index (χ3n) is 8.69. The lowest BCUT2D eigenvalue weighted by atomic mass is 9.42. The van der Waals surface area contributed by atoms with Gasteiger partial charge in [-0.25, -0.2) is 0 Å². The fourth-order valence-electron chi connectivity index (χ4n) is 6.70. The van der Waals surface area contributed by atoms with Crippen molar-refractivity contribution in [3.63, 3.8) is 0 Å². The van der Waals surface area contributed by atoms with Gasteiger partial charge in [-0.3, -0.25) is 4.79 Å². The smallest absolute Gasteiger partial charge is 0.176 e. The van der Waals surface area contributed by atoms with Crippen LogP contribution < -0.4 is 0 Å². The van der Waals surface area contributed by atoms with Crippen molar-refractivity contribution in [1.82, 2.24) is 0 Å². The van der Waals surface area contributed by atoms with Crippen LogP contribution in [0.5, 0.6) is 0 Å². The van der Waals surface area contributed by atoms with Gasteiger partial charge in [0.1, 0.15) is 0 Å². The quantitative estimate of drug-likeness (QED) is 0.659. The van der Waals surface area contributed by atoms with Crippen molar-refractivity contribution in [2.75, 3.05) is 0 Å². The molecule has 22 heavy (non-hydrogen) atoms. The minimum Gasteiger partial charge on any atom is -0.484 e. The van der Waals surface area contributed by atoms with Gasteiger partial charge < -0.3 is 4.74 Å². The number of ketones is 1. The summed E-state index contributed by atoms with van der Waals surface area (Å²) >= 11 is 0. The van der Waals surface area contributed by atoms with E-state index in [1.165, 1.54) is 18.6 Å². The molecule has 0 aromatic carbocycles. The van der Waals surface area contributed by atoms with Gasteiger partial charge in [0.15, 0.2) is 11.4 Å². The first-order chi connectivity index (χ1) is 10.3. The van der Waals surface area contributed by atoms with E-state index in [4.69, 9.17) is 4.74 Å². The predicted octanol–water partition coefficient (Wildman–Crippen LogP) is 4.49. The van der Waals surface area contributed by atoms with E-state index in [0.717, 1.165) is 37.5 Å². The molecule has 0 aromatic heterocycles. The van der Waals surface area contributed by atoms with Gasteiger partial charge in [-0.15, -0.1) is 0 Å². The van der Waals surface area contributed by atoms with Crippen LogP contribution in [0, 0.1) is 34.5 Å². The molecule has 1 aliphatic heterocycles. The Morgan fingerprint density at radius 3 is 2.41 bits per heavy atom. The number of rotatable bonds is 0. The van der Waals surface area contributed by atoms with Crippen LogP contribution in [0.25, 0.3) is 0 Å². The van der Waals surface area contributed by atoms with Crippen LogP contribution in [-0.4, -0.2) is 11.4 Å². The van der Waals surface area contributed by atoms with Gasteiger partial charge in [-0.2, -0.15) is 0 Å². The minimum absolute atomic E-state index is 0.294. The Bertz CT molecular complexity index is 611. The fourth-order valence-corrected chi connectivity index (χ4v) is 6.70. The van der Waals surface area contributed by atoms with Crippen LogP contribution in [0.4, 0.5) is 0 Å². The first-order valence-corrected chi connectivity index (χ1v) is 9.21. The minimum atomic E-state index is -0.453. The van der Waals surface area contributed by atoms with Crippen LogP contribution in [0.15, 0.2) is 11.3 Å². The van der Waals surface area contributed by atoms with Gasteiger partial charge in [0.05, 0.1) is 5.76 Å². The summed E-state index contributed by atoms with van der Waals surface area (Å²) in [6.07, 6.45) is 6.46. The summed E-state index contributed by atoms with van der Waals surface area (Å²) in [6, 6.07) is 0. The Morgan fingerprint density at radius 1 is 1.00 bits per heavy atom. The van der Waals surface area contributed by atoms with Gasteiger partial charge >= 0.3 is 0 Å². The molecule has 4 saturated carbocycles. The van der Waals surface area contributed by atoms with Gasteiger partial charge in [0, 0.05) is 18.8 Å². The molecule has 2 nitrogen and oxygen atoms in total. The van der Waals surface area contributed by atoms with Crippen molar-refractivity contribution in [3.05, 3.63) is 11.3 Å². The Morgan fingerprint density at radius 2 is 1.73 bits per heavy atom. The van der Waals surface area contributed by atoms with Crippen molar-refractivity contribution in [2.24, 2.45) is 34.5 Å². The predicted molar refractivity (Wildman–Crippen MR) is 85.1 cm³/mol. The van der Waals surface area contributed by atoms with Crippen LogP contribution in [0.3, 0.4) is 0 Å². The Hall–Kier alpha value is -0.790. The molecule has 0 radical (unpaired) electrons. The maximum atomic E-state index is 12.8. The molecule has 0 aromatic rings. The molecular formula is C20H28O2. The number of allylic oxidation sites excluding steroid dienone is 2. The third kappa shape index (κ3) is 1.29. The average molecular weight is 300 g/mol. The molecule has 1 spiro atoms. The zero-order chi connectivity index (χ0) is 15.5.